The summed E-state index contributed by atoms with van der Waals surface area (Å²) >= 11 is 0. The summed E-state index contributed by atoms with van der Waals surface area (Å²) in [5.74, 6) is 0. The minimum absolute atomic E-state index is 0.340. The summed E-state index contributed by atoms with van der Waals surface area (Å²) in [6.45, 7) is 5.52. The number of halogens is 12. The molecule has 0 saturated heterocycles. The molecule has 0 amide bonds. The molecule has 0 N–H and O–H groups in total. The first-order chi connectivity index (χ1) is 11.5. The summed E-state index contributed by atoms with van der Waals surface area (Å²) in [6.07, 6.45) is 2.98. The van der Waals surface area contributed by atoms with Crippen molar-refractivity contribution in [3.63, 3.8) is 0 Å². The molecule has 0 unspecified atom stereocenters. The maximum absolute atomic E-state index is 11.3. The predicted octanol–water partition coefficient (Wildman–Crippen LogP) is 6.17. The summed E-state index contributed by atoms with van der Waals surface area (Å²) < 4.78 is 124. The number of nitrogens with zero attached hydrogens (tertiary/aromatic N) is 1. The van der Waals surface area contributed by atoms with Crippen molar-refractivity contribution in [3.8, 4) is 0 Å². The van der Waals surface area contributed by atoms with Crippen molar-refractivity contribution < 1.29 is 61.3 Å². The number of hydrogen-bond acceptors (Lipinski definition) is 2. The molecular formula is C9H13B3F12NO2-3. The van der Waals surface area contributed by atoms with Gasteiger partial charge in [-0.2, -0.15) is 0 Å². The van der Waals surface area contributed by atoms with Crippen molar-refractivity contribution in [2.24, 2.45) is 0 Å². The summed E-state index contributed by atoms with van der Waals surface area (Å²) in [5.41, 5.74) is -0.429. The number of rotatable bonds is 0. The second kappa shape index (κ2) is 11.7. The molecule has 1 heterocycles. The SMILES string of the molecule is CC(C)(C)OC(=O)n1cccc1.F[B-](F)(F)F.F[B-](F)(F)F.F[B-](F)(F)F. The summed E-state index contributed by atoms with van der Waals surface area (Å²) in [7, 11) is -18.0. The highest BCUT2D eigenvalue weighted by atomic mass is 19.5. The average molecular weight is 428 g/mol. The van der Waals surface area contributed by atoms with Crippen molar-refractivity contribution >= 4 is 27.9 Å². The van der Waals surface area contributed by atoms with Gasteiger partial charge in [-0.3, -0.25) is 4.57 Å². The Morgan fingerprint density at radius 2 is 0.926 bits per heavy atom. The molecular weight excluding hydrogens is 415 g/mol. The number of carbonyl (C=O) groups excluding carboxylic acids is 1. The first kappa shape index (κ1) is 29.9. The van der Waals surface area contributed by atoms with Crippen molar-refractivity contribution in [3.05, 3.63) is 24.5 Å². The third kappa shape index (κ3) is 59.2. The Balaban J connectivity index is -0.000000323. The third-order valence-corrected chi connectivity index (χ3v) is 1.21. The molecule has 18 heteroatoms. The van der Waals surface area contributed by atoms with E-state index in [0.29, 0.717) is 0 Å². The van der Waals surface area contributed by atoms with Crippen LogP contribution in [0.3, 0.4) is 0 Å². The molecule has 0 fully saturated rings. The average Bonchev–Trinajstić information content (AvgIpc) is 2.70. The van der Waals surface area contributed by atoms with Gasteiger partial charge in [-0.1, -0.05) is 0 Å². The van der Waals surface area contributed by atoms with Crippen LogP contribution < -0.4 is 0 Å². The van der Waals surface area contributed by atoms with Gasteiger partial charge in [0.1, 0.15) is 5.60 Å². The van der Waals surface area contributed by atoms with Crippen LogP contribution in [-0.4, -0.2) is 38.0 Å². The second-order valence-electron chi connectivity index (χ2n) is 5.06. The van der Waals surface area contributed by atoms with Gasteiger partial charge >= 0.3 is 27.9 Å². The topological polar surface area (TPSA) is 31.2 Å². The van der Waals surface area contributed by atoms with Crippen LogP contribution in [0, 0.1) is 0 Å². The van der Waals surface area contributed by atoms with Crippen LogP contribution in [0.1, 0.15) is 20.8 Å². The van der Waals surface area contributed by atoms with Crippen molar-refractivity contribution in [2.75, 3.05) is 0 Å². The van der Waals surface area contributed by atoms with E-state index in [0.717, 1.165) is 0 Å². The van der Waals surface area contributed by atoms with Crippen LogP contribution >= 0.6 is 0 Å². The highest BCUT2D eigenvalue weighted by molar-refractivity contribution is 6.50. The van der Waals surface area contributed by atoms with Gasteiger partial charge in [-0.15, -0.1) is 0 Å². The van der Waals surface area contributed by atoms with E-state index in [9.17, 15) is 56.6 Å². The highest BCUT2D eigenvalue weighted by Crippen LogP contribution is 2.09. The largest absolute Gasteiger partial charge is 0.673 e. The zero-order valence-corrected chi connectivity index (χ0v) is 13.8. The van der Waals surface area contributed by atoms with E-state index < -0.39 is 27.4 Å². The number of hydrogen-bond donors (Lipinski definition) is 0. The lowest BCUT2D eigenvalue weighted by Gasteiger charge is -2.19. The van der Waals surface area contributed by atoms with Crippen molar-refractivity contribution in [1.29, 1.82) is 0 Å². The molecule has 0 aromatic carbocycles. The maximum atomic E-state index is 11.3. The summed E-state index contributed by atoms with van der Waals surface area (Å²) in [5, 5.41) is 0. The molecule has 0 aliphatic carbocycles. The van der Waals surface area contributed by atoms with Gasteiger partial charge in [0.2, 0.25) is 0 Å². The zero-order valence-electron chi connectivity index (χ0n) is 13.8. The molecule has 3 nitrogen and oxygen atoms in total. The molecule has 1 rings (SSSR count). The molecule has 0 aliphatic rings. The van der Waals surface area contributed by atoms with E-state index in [1.165, 1.54) is 4.57 Å². The second-order valence-corrected chi connectivity index (χ2v) is 5.06. The fourth-order valence-electron chi connectivity index (χ4n) is 0.771. The highest BCUT2D eigenvalue weighted by Gasteiger charge is 2.21. The van der Waals surface area contributed by atoms with Crippen molar-refractivity contribution in [1.82, 2.24) is 4.57 Å². The van der Waals surface area contributed by atoms with E-state index in [1.54, 1.807) is 24.5 Å². The molecule has 0 spiro atoms. The fraction of sp³-hybridized carbons (Fsp3) is 0.444. The minimum Gasteiger partial charge on any atom is -0.443 e. The zero-order chi connectivity index (χ0) is 22.7. The Morgan fingerprint density at radius 3 is 1.11 bits per heavy atom. The Labute approximate surface area is 146 Å². The normalized spacial score (nSPS) is 11.7. The van der Waals surface area contributed by atoms with Gasteiger partial charge < -0.3 is 56.5 Å². The molecule has 1 aromatic heterocycles. The van der Waals surface area contributed by atoms with Gasteiger partial charge in [0.15, 0.2) is 0 Å². The predicted molar refractivity (Wildman–Crippen MR) is 76.6 cm³/mol. The molecule has 0 radical (unpaired) electrons. The molecule has 0 aliphatic heterocycles. The van der Waals surface area contributed by atoms with Crippen LogP contribution in [0.4, 0.5) is 56.6 Å². The third-order valence-electron chi connectivity index (χ3n) is 1.21. The van der Waals surface area contributed by atoms with Gasteiger partial charge in [0, 0.05) is 12.4 Å². The smallest absolute Gasteiger partial charge is 0.443 e. The lowest BCUT2D eigenvalue weighted by Crippen LogP contribution is -2.26. The molecule has 162 valence electrons. The van der Waals surface area contributed by atoms with E-state index in [-0.39, 0.29) is 6.09 Å². The first-order valence-corrected chi connectivity index (χ1v) is 6.47. The standard InChI is InChI=1S/C9H13NO2.3BF4/c1-9(2,3)12-8(11)10-6-4-5-7-10;3*2-1(3,4)5/h4-7H,1-3H3;;;/q;3*-1. The lowest BCUT2D eigenvalue weighted by atomic mass is 10.2. The van der Waals surface area contributed by atoms with E-state index in [2.05, 4.69) is 0 Å². The van der Waals surface area contributed by atoms with Crippen molar-refractivity contribution in [2.45, 2.75) is 26.4 Å². The molecule has 0 bridgehead atoms. The number of carbonyl (C=O) groups is 1. The van der Waals surface area contributed by atoms with Crippen LogP contribution in [0.2, 0.25) is 0 Å². The monoisotopic (exact) mass is 428 g/mol. The van der Waals surface area contributed by atoms with E-state index in [4.69, 9.17) is 4.74 Å². The molecule has 1 aromatic rings. The van der Waals surface area contributed by atoms with Crippen LogP contribution in [-0.2, 0) is 4.74 Å². The maximum Gasteiger partial charge on any atom is 0.673 e. The molecule has 27 heavy (non-hydrogen) atoms. The number of ether oxygens (including phenoxy) is 1. The van der Waals surface area contributed by atoms with Crippen LogP contribution in [0.15, 0.2) is 24.5 Å². The molecule has 0 atom stereocenters. The fourth-order valence-corrected chi connectivity index (χ4v) is 0.771. The Kier molecular flexibility index (Phi) is 13.0. The van der Waals surface area contributed by atoms with Crippen LogP contribution in [0.5, 0.6) is 0 Å². The summed E-state index contributed by atoms with van der Waals surface area (Å²) in [4.78, 5) is 11.3. The van der Waals surface area contributed by atoms with Gasteiger partial charge in [-0.25, -0.2) is 4.79 Å². The van der Waals surface area contributed by atoms with Gasteiger partial charge in [0.25, 0.3) is 0 Å². The van der Waals surface area contributed by atoms with Crippen LogP contribution in [0.25, 0.3) is 0 Å². The molecule has 0 saturated carbocycles. The Hall–Kier alpha value is -1.90. The first-order valence-electron chi connectivity index (χ1n) is 6.47. The summed E-state index contributed by atoms with van der Waals surface area (Å²) in [6, 6.07) is 3.56. The van der Waals surface area contributed by atoms with Gasteiger partial charge in [0.05, 0.1) is 0 Å². The van der Waals surface area contributed by atoms with E-state index >= 15 is 0 Å². The van der Waals surface area contributed by atoms with Gasteiger partial charge in [-0.05, 0) is 32.9 Å². The Morgan fingerprint density at radius 1 is 0.704 bits per heavy atom. The number of aromatic nitrogens is 1. The Bertz CT molecular complexity index is 460. The minimum atomic E-state index is -6.00. The quantitative estimate of drug-likeness (QED) is 0.366. The lowest BCUT2D eigenvalue weighted by molar-refractivity contribution is 0.0537. The van der Waals surface area contributed by atoms with E-state index in [1.807, 2.05) is 20.8 Å².